The van der Waals surface area contributed by atoms with E-state index in [1.165, 1.54) is 0 Å². The molecule has 0 unspecified atom stereocenters. The first-order chi connectivity index (χ1) is 14.1. The lowest BCUT2D eigenvalue weighted by atomic mass is 10.1. The van der Waals surface area contributed by atoms with Crippen molar-refractivity contribution in [1.29, 1.82) is 0 Å². The van der Waals surface area contributed by atoms with Crippen molar-refractivity contribution in [2.24, 2.45) is 0 Å². The number of hydrogen-bond acceptors (Lipinski definition) is 4. The molecule has 0 fully saturated rings. The second kappa shape index (κ2) is 8.32. The number of benzene rings is 2. The van der Waals surface area contributed by atoms with Gasteiger partial charge in [-0.3, -0.25) is 9.48 Å². The van der Waals surface area contributed by atoms with Crippen LogP contribution < -0.4 is 4.90 Å². The SMILES string of the molecule is Cc1onc(C(=O)N(Cc2ccccc2)c2ccccc2)c1Cn1cc(Cl)cn1. The fraction of sp³-hybridized carbons (Fsp3) is 0.136. The molecule has 1 amide bonds. The third-order valence-corrected chi connectivity index (χ3v) is 4.80. The van der Waals surface area contributed by atoms with E-state index in [0.717, 1.165) is 11.3 Å². The summed E-state index contributed by atoms with van der Waals surface area (Å²) in [4.78, 5) is 15.2. The average molecular weight is 407 g/mol. The molecule has 29 heavy (non-hydrogen) atoms. The number of carbonyl (C=O) groups excluding carboxylic acids is 1. The monoisotopic (exact) mass is 406 g/mol. The van der Waals surface area contributed by atoms with E-state index in [2.05, 4.69) is 10.3 Å². The summed E-state index contributed by atoms with van der Waals surface area (Å²) in [5.74, 6) is 0.345. The van der Waals surface area contributed by atoms with Crippen LogP contribution in [0.5, 0.6) is 0 Å². The summed E-state index contributed by atoms with van der Waals surface area (Å²) in [6.45, 7) is 2.55. The van der Waals surface area contributed by atoms with E-state index in [-0.39, 0.29) is 11.6 Å². The molecule has 4 aromatic rings. The molecule has 2 aromatic heterocycles. The van der Waals surface area contributed by atoms with Gasteiger partial charge in [0.1, 0.15) is 5.76 Å². The van der Waals surface area contributed by atoms with E-state index >= 15 is 0 Å². The van der Waals surface area contributed by atoms with Crippen LogP contribution >= 0.6 is 11.6 Å². The molecule has 0 N–H and O–H groups in total. The van der Waals surface area contributed by atoms with Crippen LogP contribution in [0.2, 0.25) is 5.02 Å². The van der Waals surface area contributed by atoms with Crippen LogP contribution in [0.1, 0.15) is 27.4 Å². The van der Waals surface area contributed by atoms with Gasteiger partial charge in [0.25, 0.3) is 5.91 Å². The number of hydrogen-bond donors (Lipinski definition) is 0. The van der Waals surface area contributed by atoms with Crippen LogP contribution in [-0.2, 0) is 13.1 Å². The van der Waals surface area contributed by atoms with Gasteiger partial charge in [0.2, 0.25) is 0 Å². The molecule has 146 valence electrons. The number of amides is 1. The molecule has 0 atom stereocenters. The van der Waals surface area contributed by atoms with Crippen molar-refractivity contribution in [3.05, 3.63) is 101 Å². The smallest absolute Gasteiger partial charge is 0.281 e. The van der Waals surface area contributed by atoms with Crippen molar-refractivity contribution < 1.29 is 9.32 Å². The Morgan fingerprint density at radius 1 is 1.10 bits per heavy atom. The molecule has 0 radical (unpaired) electrons. The van der Waals surface area contributed by atoms with Gasteiger partial charge >= 0.3 is 0 Å². The highest BCUT2D eigenvalue weighted by Gasteiger charge is 2.26. The first-order valence-electron chi connectivity index (χ1n) is 9.16. The predicted octanol–water partition coefficient (Wildman–Crippen LogP) is 4.73. The Kier molecular flexibility index (Phi) is 5.44. The van der Waals surface area contributed by atoms with Gasteiger partial charge in [-0.15, -0.1) is 0 Å². The standard InChI is InChI=1S/C22H19ClN4O2/c1-16-20(15-26-14-18(23)12-24-26)21(25-29-16)22(28)27(19-10-6-3-7-11-19)13-17-8-4-2-5-9-17/h2-12,14H,13,15H2,1H3. The van der Waals surface area contributed by atoms with Crippen LogP contribution in [0.15, 0.2) is 77.6 Å². The molecule has 0 aliphatic carbocycles. The molecule has 0 bridgehead atoms. The van der Waals surface area contributed by atoms with Crippen LogP contribution in [0, 0.1) is 6.92 Å². The first kappa shape index (κ1) is 19.0. The third-order valence-electron chi connectivity index (χ3n) is 4.61. The molecular formula is C22H19ClN4O2. The zero-order chi connectivity index (χ0) is 20.2. The largest absolute Gasteiger partial charge is 0.361 e. The van der Waals surface area contributed by atoms with Gasteiger partial charge in [-0.25, -0.2) is 0 Å². The second-order valence-electron chi connectivity index (χ2n) is 6.63. The summed E-state index contributed by atoms with van der Waals surface area (Å²) in [6.07, 6.45) is 3.25. The van der Waals surface area contributed by atoms with E-state index in [1.807, 2.05) is 60.7 Å². The van der Waals surface area contributed by atoms with Crippen molar-refractivity contribution in [1.82, 2.24) is 14.9 Å². The maximum atomic E-state index is 13.5. The van der Waals surface area contributed by atoms with Gasteiger partial charge in [-0.2, -0.15) is 5.10 Å². The minimum Gasteiger partial charge on any atom is -0.361 e. The molecular weight excluding hydrogens is 388 g/mol. The van der Waals surface area contributed by atoms with Crippen molar-refractivity contribution in [2.45, 2.75) is 20.0 Å². The third kappa shape index (κ3) is 4.22. The molecule has 0 aliphatic rings. The summed E-state index contributed by atoms with van der Waals surface area (Å²) in [5, 5.41) is 8.79. The van der Waals surface area contributed by atoms with Crippen LogP contribution in [0.25, 0.3) is 0 Å². The number of halogens is 1. The first-order valence-corrected chi connectivity index (χ1v) is 9.53. The summed E-state index contributed by atoms with van der Waals surface area (Å²) in [5.41, 5.74) is 2.76. The molecule has 0 saturated heterocycles. The van der Waals surface area contributed by atoms with Gasteiger partial charge in [-0.05, 0) is 24.6 Å². The van der Waals surface area contributed by atoms with Gasteiger partial charge in [0, 0.05) is 17.4 Å². The fourth-order valence-corrected chi connectivity index (χ4v) is 3.27. The highest BCUT2D eigenvalue weighted by Crippen LogP contribution is 2.23. The molecule has 7 heteroatoms. The Bertz CT molecular complexity index is 1110. The Hall–Kier alpha value is -3.38. The number of rotatable bonds is 6. The average Bonchev–Trinajstić information content (AvgIpc) is 3.33. The molecule has 2 heterocycles. The van der Waals surface area contributed by atoms with Gasteiger partial charge in [0.05, 0.1) is 24.3 Å². The summed E-state index contributed by atoms with van der Waals surface area (Å²) >= 11 is 5.97. The zero-order valence-electron chi connectivity index (χ0n) is 15.8. The molecule has 0 saturated carbocycles. The summed E-state index contributed by atoms with van der Waals surface area (Å²) in [6, 6.07) is 19.4. The van der Waals surface area contributed by atoms with E-state index < -0.39 is 0 Å². The minimum atomic E-state index is -0.231. The van der Waals surface area contributed by atoms with Gasteiger partial charge in [0.15, 0.2) is 5.69 Å². The topological polar surface area (TPSA) is 64.2 Å². The fourth-order valence-electron chi connectivity index (χ4n) is 3.11. The number of carbonyl (C=O) groups is 1. The number of nitrogens with zero attached hydrogens (tertiary/aromatic N) is 4. The van der Waals surface area contributed by atoms with Crippen LogP contribution in [-0.4, -0.2) is 20.8 Å². The van der Waals surface area contributed by atoms with Gasteiger partial charge in [-0.1, -0.05) is 65.3 Å². The Balaban J connectivity index is 1.69. The Labute approximate surface area is 173 Å². The lowest BCUT2D eigenvalue weighted by Crippen LogP contribution is -2.31. The number of aryl methyl sites for hydroxylation is 1. The lowest BCUT2D eigenvalue weighted by molar-refractivity contribution is 0.0975. The minimum absolute atomic E-state index is 0.231. The van der Waals surface area contributed by atoms with Crippen molar-refractivity contribution in [2.75, 3.05) is 4.90 Å². The Morgan fingerprint density at radius 3 is 2.45 bits per heavy atom. The van der Waals surface area contributed by atoms with Crippen molar-refractivity contribution in [3.8, 4) is 0 Å². The quantitative estimate of drug-likeness (QED) is 0.464. The molecule has 2 aromatic carbocycles. The number of anilines is 1. The van der Waals surface area contributed by atoms with Crippen LogP contribution in [0.3, 0.4) is 0 Å². The zero-order valence-corrected chi connectivity index (χ0v) is 16.6. The molecule has 0 spiro atoms. The highest BCUT2D eigenvalue weighted by atomic mass is 35.5. The molecule has 6 nitrogen and oxygen atoms in total. The molecule has 4 rings (SSSR count). The Morgan fingerprint density at radius 2 is 1.79 bits per heavy atom. The predicted molar refractivity (Wildman–Crippen MR) is 111 cm³/mol. The van der Waals surface area contributed by atoms with E-state index in [9.17, 15) is 4.79 Å². The van der Waals surface area contributed by atoms with E-state index in [0.29, 0.717) is 29.4 Å². The van der Waals surface area contributed by atoms with Crippen molar-refractivity contribution >= 4 is 23.2 Å². The number of aromatic nitrogens is 3. The normalized spacial score (nSPS) is 10.8. The summed E-state index contributed by atoms with van der Waals surface area (Å²) in [7, 11) is 0. The van der Waals surface area contributed by atoms with E-state index in [1.54, 1.807) is 28.9 Å². The van der Waals surface area contributed by atoms with Crippen molar-refractivity contribution in [3.63, 3.8) is 0 Å². The molecule has 0 aliphatic heterocycles. The lowest BCUT2D eigenvalue weighted by Gasteiger charge is -2.22. The maximum Gasteiger partial charge on any atom is 0.281 e. The number of para-hydroxylation sites is 1. The summed E-state index contributed by atoms with van der Waals surface area (Å²) < 4.78 is 7.02. The van der Waals surface area contributed by atoms with Gasteiger partial charge < -0.3 is 9.42 Å². The maximum absolute atomic E-state index is 13.5. The second-order valence-corrected chi connectivity index (χ2v) is 7.07. The van der Waals surface area contributed by atoms with E-state index in [4.69, 9.17) is 16.1 Å². The highest BCUT2D eigenvalue weighted by molar-refractivity contribution is 6.30. The van der Waals surface area contributed by atoms with Crippen LogP contribution in [0.4, 0.5) is 5.69 Å².